The van der Waals surface area contributed by atoms with E-state index in [9.17, 15) is 4.79 Å². The summed E-state index contributed by atoms with van der Waals surface area (Å²) in [6.07, 6.45) is 5.85. The Morgan fingerprint density at radius 3 is 2.86 bits per heavy atom. The maximum Gasteiger partial charge on any atom is 0.227 e. The summed E-state index contributed by atoms with van der Waals surface area (Å²) in [5, 5.41) is 8.10. The van der Waals surface area contributed by atoms with Gasteiger partial charge in [-0.05, 0) is 55.0 Å². The molecule has 5 nitrogen and oxygen atoms in total. The number of nitrogens with zero attached hydrogens (tertiary/aromatic N) is 3. The number of likely N-dealkylation sites (tertiary alicyclic amines) is 2. The van der Waals surface area contributed by atoms with Crippen LogP contribution in [0.25, 0.3) is 10.9 Å². The third-order valence-electron chi connectivity index (χ3n) is 6.62. The van der Waals surface area contributed by atoms with Crippen LogP contribution in [0.15, 0.2) is 54.7 Å². The number of hydrogen-bond donors (Lipinski definition) is 1. The van der Waals surface area contributed by atoms with Gasteiger partial charge in [0.2, 0.25) is 5.91 Å². The second-order valence-electron chi connectivity index (χ2n) is 8.52. The SMILES string of the molecule is O=C(Cc1ccc2[nH]ncc2c1)N1CCC2C(CCCN2Cc2ccccc2)C1. The van der Waals surface area contributed by atoms with Crippen molar-refractivity contribution in [3.8, 4) is 0 Å². The first-order chi connectivity index (χ1) is 14.3. The van der Waals surface area contributed by atoms with Crippen molar-refractivity contribution in [1.29, 1.82) is 0 Å². The molecule has 3 aromatic rings. The van der Waals surface area contributed by atoms with Gasteiger partial charge < -0.3 is 4.90 Å². The van der Waals surface area contributed by atoms with Gasteiger partial charge in [0.25, 0.3) is 0 Å². The summed E-state index contributed by atoms with van der Waals surface area (Å²) in [4.78, 5) is 17.7. The molecule has 2 atom stereocenters. The summed E-state index contributed by atoms with van der Waals surface area (Å²) in [5.74, 6) is 0.855. The largest absolute Gasteiger partial charge is 0.342 e. The predicted octanol–water partition coefficient (Wildman–Crippen LogP) is 3.62. The first-order valence-corrected chi connectivity index (χ1v) is 10.7. The van der Waals surface area contributed by atoms with Crippen LogP contribution < -0.4 is 0 Å². The Bertz CT molecular complexity index is 983. The van der Waals surface area contributed by atoms with Crippen LogP contribution in [0.2, 0.25) is 0 Å². The monoisotopic (exact) mass is 388 g/mol. The van der Waals surface area contributed by atoms with E-state index in [0.29, 0.717) is 18.4 Å². The molecule has 0 aliphatic carbocycles. The normalized spacial score (nSPS) is 22.6. The third-order valence-corrected chi connectivity index (χ3v) is 6.62. The van der Waals surface area contributed by atoms with Gasteiger partial charge in [-0.15, -0.1) is 0 Å². The van der Waals surface area contributed by atoms with Crippen molar-refractivity contribution in [2.24, 2.45) is 5.92 Å². The highest BCUT2D eigenvalue weighted by Crippen LogP contribution is 2.32. The average Bonchev–Trinajstić information content (AvgIpc) is 3.22. The number of rotatable bonds is 4. The number of carbonyl (C=O) groups is 1. The molecule has 1 aromatic heterocycles. The summed E-state index contributed by atoms with van der Waals surface area (Å²) < 4.78 is 0. The van der Waals surface area contributed by atoms with Gasteiger partial charge in [-0.25, -0.2) is 0 Å². The maximum atomic E-state index is 13.0. The van der Waals surface area contributed by atoms with Crippen LogP contribution in [0.1, 0.15) is 30.4 Å². The molecule has 5 heteroatoms. The smallest absolute Gasteiger partial charge is 0.227 e. The number of H-pyrrole nitrogens is 1. The number of hydrogen-bond acceptors (Lipinski definition) is 3. The molecule has 2 aliphatic rings. The average molecular weight is 389 g/mol. The fourth-order valence-electron chi connectivity index (χ4n) is 5.14. The lowest BCUT2D eigenvalue weighted by molar-refractivity contribution is -0.134. The molecule has 29 heavy (non-hydrogen) atoms. The Balaban J connectivity index is 1.22. The number of fused-ring (bicyclic) bond motifs is 2. The predicted molar refractivity (Wildman–Crippen MR) is 114 cm³/mol. The molecule has 0 radical (unpaired) electrons. The maximum absolute atomic E-state index is 13.0. The Kier molecular flexibility index (Phi) is 5.06. The van der Waals surface area contributed by atoms with Gasteiger partial charge in [-0.2, -0.15) is 5.10 Å². The second-order valence-corrected chi connectivity index (χ2v) is 8.52. The van der Waals surface area contributed by atoms with Crippen molar-refractivity contribution in [1.82, 2.24) is 20.0 Å². The number of aromatic amines is 1. The number of piperidine rings is 2. The number of amides is 1. The number of aromatic nitrogens is 2. The van der Waals surface area contributed by atoms with Crippen molar-refractivity contribution >= 4 is 16.8 Å². The third kappa shape index (κ3) is 3.92. The fraction of sp³-hybridized carbons (Fsp3) is 0.417. The Morgan fingerprint density at radius 2 is 1.97 bits per heavy atom. The molecule has 5 rings (SSSR count). The molecule has 0 saturated carbocycles. The molecule has 2 aliphatic heterocycles. The van der Waals surface area contributed by atoms with Crippen molar-refractivity contribution in [3.05, 3.63) is 65.9 Å². The standard InChI is InChI=1S/C24H28N4O/c29-24(14-19-8-9-22-21(13-19)15-25-26-22)28-12-10-23-20(17-28)7-4-11-27(23)16-18-5-2-1-3-6-18/h1-3,5-6,8-9,13,15,20,23H,4,7,10-12,14,16-17H2,(H,25,26). The topological polar surface area (TPSA) is 52.2 Å². The van der Waals surface area contributed by atoms with E-state index >= 15 is 0 Å². The van der Waals surface area contributed by atoms with E-state index < -0.39 is 0 Å². The molecule has 2 fully saturated rings. The summed E-state index contributed by atoms with van der Waals surface area (Å²) in [6.45, 7) is 3.98. The first-order valence-electron chi connectivity index (χ1n) is 10.7. The van der Waals surface area contributed by atoms with Gasteiger partial charge in [0, 0.05) is 31.1 Å². The molecule has 3 heterocycles. The molecule has 2 aromatic carbocycles. The van der Waals surface area contributed by atoms with E-state index in [1.807, 2.05) is 18.3 Å². The summed E-state index contributed by atoms with van der Waals surface area (Å²) in [7, 11) is 0. The lowest BCUT2D eigenvalue weighted by atomic mass is 9.83. The summed E-state index contributed by atoms with van der Waals surface area (Å²) in [6, 6.07) is 17.5. The molecular formula is C24H28N4O. The summed E-state index contributed by atoms with van der Waals surface area (Å²) in [5.41, 5.74) is 3.48. The molecular weight excluding hydrogens is 360 g/mol. The van der Waals surface area contributed by atoms with E-state index in [-0.39, 0.29) is 5.91 Å². The molecule has 2 unspecified atom stereocenters. The Hall–Kier alpha value is -2.66. The van der Waals surface area contributed by atoms with Gasteiger partial charge >= 0.3 is 0 Å². The molecule has 1 amide bonds. The van der Waals surface area contributed by atoms with E-state index in [1.54, 1.807) is 0 Å². The quantitative estimate of drug-likeness (QED) is 0.743. The molecule has 1 N–H and O–H groups in total. The second kappa shape index (κ2) is 7.99. The van der Waals surface area contributed by atoms with Gasteiger partial charge in [0.05, 0.1) is 18.1 Å². The van der Waals surface area contributed by atoms with Gasteiger partial charge in [0.1, 0.15) is 0 Å². The zero-order chi connectivity index (χ0) is 19.6. The van der Waals surface area contributed by atoms with Crippen molar-refractivity contribution in [2.75, 3.05) is 19.6 Å². The molecule has 150 valence electrons. The number of carbonyl (C=O) groups excluding carboxylic acids is 1. The van der Waals surface area contributed by atoms with E-state index in [4.69, 9.17) is 0 Å². The van der Waals surface area contributed by atoms with Crippen LogP contribution in [0.3, 0.4) is 0 Å². The van der Waals surface area contributed by atoms with Crippen LogP contribution in [-0.4, -0.2) is 51.6 Å². The van der Waals surface area contributed by atoms with Crippen molar-refractivity contribution < 1.29 is 4.79 Å². The molecule has 0 bridgehead atoms. The fourth-order valence-corrected chi connectivity index (χ4v) is 5.14. The summed E-state index contributed by atoms with van der Waals surface area (Å²) >= 11 is 0. The highest BCUT2D eigenvalue weighted by atomic mass is 16.2. The minimum atomic E-state index is 0.256. The molecule has 2 saturated heterocycles. The van der Waals surface area contributed by atoms with Crippen LogP contribution in [0, 0.1) is 5.92 Å². The molecule has 0 spiro atoms. The number of benzene rings is 2. The number of nitrogens with one attached hydrogen (secondary N) is 1. The highest BCUT2D eigenvalue weighted by molar-refractivity contribution is 5.83. The van der Waals surface area contributed by atoms with E-state index in [2.05, 4.69) is 56.4 Å². The Labute approximate surface area is 171 Å². The van der Waals surface area contributed by atoms with Crippen LogP contribution >= 0.6 is 0 Å². The van der Waals surface area contributed by atoms with Crippen LogP contribution in [0.4, 0.5) is 0 Å². The van der Waals surface area contributed by atoms with Gasteiger partial charge in [-0.1, -0.05) is 36.4 Å². The van der Waals surface area contributed by atoms with Crippen molar-refractivity contribution in [3.63, 3.8) is 0 Å². The van der Waals surface area contributed by atoms with Gasteiger partial charge in [-0.3, -0.25) is 14.8 Å². The zero-order valence-electron chi connectivity index (χ0n) is 16.8. The van der Waals surface area contributed by atoms with Crippen LogP contribution in [-0.2, 0) is 17.8 Å². The minimum Gasteiger partial charge on any atom is -0.342 e. The van der Waals surface area contributed by atoms with E-state index in [0.717, 1.165) is 42.5 Å². The lowest BCUT2D eigenvalue weighted by Gasteiger charge is -2.47. The zero-order valence-corrected chi connectivity index (χ0v) is 16.8. The van der Waals surface area contributed by atoms with Crippen molar-refractivity contribution in [2.45, 2.75) is 38.3 Å². The highest BCUT2D eigenvalue weighted by Gasteiger charge is 2.37. The van der Waals surface area contributed by atoms with Gasteiger partial charge in [0.15, 0.2) is 0 Å². The Morgan fingerprint density at radius 1 is 1.07 bits per heavy atom. The minimum absolute atomic E-state index is 0.256. The van der Waals surface area contributed by atoms with Crippen LogP contribution in [0.5, 0.6) is 0 Å². The van der Waals surface area contributed by atoms with E-state index in [1.165, 1.54) is 24.9 Å². The lowest BCUT2D eigenvalue weighted by Crippen LogP contribution is -2.55. The first kappa shape index (κ1) is 18.4.